The number of aryl methyl sites for hydroxylation is 1. The number of benzene rings is 2. The van der Waals surface area contributed by atoms with Crippen LogP contribution in [0.1, 0.15) is 24.5 Å². The van der Waals surface area contributed by atoms with E-state index in [0.717, 1.165) is 29.6 Å². The molecule has 0 fully saturated rings. The van der Waals surface area contributed by atoms with E-state index in [1.165, 1.54) is 11.1 Å². The molecule has 0 spiro atoms. The second-order valence-electron chi connectivity index (χ2n) is 5.30. The lowest BCUT2D eigenvalue weighted by Crippen LogP contribution is -2.25. The molecular weight excluding hydrogens is 326 g/mol. The van der Waals surface area contributed by atoms with Gasteiger partial charge in [0, 0.05) is 17.1 Å². The first-order valence-electron chi connectivity index (χ1n) is 7.28. The Bertz CT molecular complexity index is 536. The van der Waals surface area contributed by atoms with Crippen LogP contribution in [0.3, 0.4) is 0 Å². The largest absolute Gasteiger partial charge is 0.497 e. The molecule has 0 radical (unpaired) electrons. The van der Waals surface area contributed by atoms with Gasteiger partial charge in [-0.05, 0) is 55.2 Å². The summed E-state index contributed by atoms with van der Waals surface area (Å²) in [6, 6.07) is 17.3. The Balaban J connectivity index is 1.73. The van der Waals surface area contributed by atoms with Gasteiger partial charge in [0.05, 0.1) is 7.11 Å². The zero-order valence-electron chi connectivity index (χ0n) is 12.6. The third-order valence-electron chi connectivity index (χ3n) is 3.59. The van der Waals surface area contributed by atoms with E-state index in [0.29, 0.717) is 6.04 Å². The van der Waals surface area contributed by atoms with Crippen molar-refractivity contribution in [3.05, 3.63) is 64.1 Å². The summed E-state index contributed by atoms with van der Waals surface area (Å²) >= 11 is 3.46. The van der Waals surface area contributed by atoms with Gasteiger partial charge in [0.1, 0.15) is 5.75 Å². The summed E-state index contributed by atoms with van der Waals surface area (Å²) in [6.45, 7) is 3.15. The van der Waals surface area contributed by atoms with Crippen LogP contribution < -0.4 is 10.1 Å². The standard InChI is InChI=1S/C18H22BrNO/c1-14(20-13-16-5-9-17(19)10-6-16)3-4-15-7-11-18(21-2)12-8-15/h5-12,14,20H,3-4,13H2,1-2H3. The molecule has 3 heteroatoms. The topological polar surface area (TPSA) is 21.3 Å². The van der Waals surface area contributed by atoms with Crippen LogP contribution in [0.2, 0.25) is 0 Å². The molecule has 0 amide bonds. The molecule has 0 saturated heterocycles. The van der Waals surface area contributed by atoms with Gasteiger partial charge < -0.3 is 10.1 Å². The van der Waals surface area contributed by atoms with E-state index < -0.39 is 0 Å². The summed E-state index contributed by atoms with van der Waals surface area (Å²) in [5, 5.41) is 3.57. The second kappa shape index (κ2) is 8.20. The van der Waals surface area contributed by atoms with Gasteiger partial charge in [-0.25, -0.2) is 0 Å². The van der Waals surface area contributed by atoms with Crippen molar-refractivity contribution in [3.8, 4) is 5.75 Å². The first-order valence-corrected chi connectivity index (χ1v) is 8.07. The molecule has 1 unspecified atom stereocenters. The minimum Gasteiger partial charge on any atom is -0.497 e. The van der Waals surface area contributed by atoms with Crippen molar-refractivity contribution in [1.29, 1.82) is 0 Å². The molecule has 0 aromatic heterocycles. The van der Waals surface area contributed by atoms with Gasteiger partial charge in [-0.1, -0.05) is 40.2 Å². The highest BCUT2D eigenvalue weighted by atomic mass is 79.9. The van der Waals surface area contributed by atoms with Gasteiger partial charge in [0.15, 0.2) is 0 Å². The van der Waals surface area contributed by atoms with Gasteiger partial charge >= 0.3 is 0 Å². The Morgan fingerprint density at radius 3 is 2.24 bits per heavy atom. The van der Waals surface area contributed by atoms with Crippen LogP contribution in [-0.4, -0.2) is 13.2 Å². The molecule has 112 valence electrons. The van der Waals surface area contributed by atoms with Crippen molar-refractivity contribution in [1.82, 2.24) is 5.32 Å². The lowest BCUT2D eigenvalue weighted by atomic mass is 10.1. The molecular formula is C18H22BrNO. The van der Waals surface area contributed by atoms with Crippen molar-refractivity contribution in [2.24, 2.45) is 0 Å². The van der Waals surface area contributed by atoms with Gasteiger partial charge in [-0.15, -0.1) is 0 Å². The van der Waals surface area contributed by atoms with Gasteiger partial charge in [-0.2, -0.15) is 0 Å². The summed E-state index contributed by atoms with van der Waals surface area (Å²) in [4.78, 5) is 0. The molecule has 2 rings (SSSR count). The SMILES string of the molecule is COc1ccc(CCC(C)NCc2ccc(Br)cc2)cc1. The molecule has 1 atom stereocenters. The maximum atomic E-state index is 5.18. The van der Waals surface area contributed by atoms with E-state index in [9.17, 15) is 0 Å². The highest BCUT2D eigenvalue weighted by Crippen LogP contribution is 2.14. The number of hydrogen-bond acceptors (Lipinski definition) is 2. The molecule has 21 heavy (non-hydrogen) atoms. The van der Waals surface area contributed by atoms with E-state index >= 15 is 0 Å². The predicted molar refractivity (Wildman–Crippen MR) is 91.8 cm³/mol. The van der Waals surface area contributed by atoms with Gasteiger partial charge in [0.25, 0.3) is 0 Å². The normalized spacial score (nSPS) is 12.1. The maximum Gasteiger partial charge on any atom is 0.118 e. The second-order valence-corrected chi connectivity index (χ2v) is 6.21. The monoisotopic (exact) mass is 347 g/mol. The van der Waals surface area contributed by atoms with Crippen molar-refractivity contribution in [3.63, 3.8) is 0 Å². The van der Waals surface area contributed by atoms with E-state index in [-0.39, 0.29) is 0 Å². The van der Waals surface area contributed by atoms with Crippen molar-refractivity contribution in [2.75, 3.05) is 7.11 Å². The number of methoxy groups -OCH3 is 1. The van der Waals surface area contributed by atoms with E-state index in [1.807, 2.05) is 12.1 Å². The third-order valence-corrected chi connectivity index (χ3v) is 4.12. The van der Waals surface area contributed by atoms with E-state index in [4.69, 9.17) is 4.74 Å². The fraction of sp³-hybridized carbons (Fsp3) is 0.333. The average Bonchev–Trinajstić information content (AvgIpc) is 2.53. The summed E-state index contributed by atoms with van der Waals surface area (Å²) in [5.41, 5.74) is 2.67. The first kappa shape index (κ1) is 16.1. The zero-order valence-corrected chi connectivity index (χ0v) is 14.2. The number of nitrogens with one attached hydrogen (secondary N) is 1. The maximum absolute atomic E-state index is 5.18. The number of rotatable bonds is 7. The molecule has 2 aromatic carbocycles. The molecule has 0 heterocycles. The Kier molecular flexibility index (Phi) is 6.27. The molecule has 2 aromatic rings. The summed E-state index contributed by atoms with van der Waals surface area (Å²) in [7, 11) is 1.70. The lowest BCUT2D eigenvalue weighted by molar-refractivity contribution is 0.414. The molecule has 0 aliphatic carbocycles. The smallest absolute Gasteiger partial charge is 0.118 e. The molecule has 0 aliphatic heterocycles. The minimum atomic E-state index is 0.496. The van der Waals surface area contributed by atoms with Crippen LogP contribution in [0.15, 0.2) is 53.0 Å². The Morgan fingerprint density at radius 2 is 1.62 bits per heavy atom. The highest BCUT2D eigenvalue weighted by molar-refractivity contribution is 9.10. The quantitative estimate of drug-likeness (QED) is 0.792. The minimum absolute atomic E-state index is 0.496. The van der Waals surface area contributed by atoms with Crippen LogP contribution in [0.25, 0.3) is 0 Å². The molecule has 0 aliphatic rings. The van der Waals surface area contributed by atoms with Crippen LogP contribution in [0.4, 0.5) is 0 Å². The van der Waals surface area contributed by atoms with Crippen LogP contribution >= 0.6 is 15.9 Å². The predicted octanol–water partition coefficient (Wildman–Crippen LogP) is 4.57. The fourth-order valence-corrected chi connectivity index (χ4v) is 2.44. The molecule has 1 N–H and O–H groups in total. The van der Waals surface area contributed by atoms with Gasteiger partial charge in [-0.3, -0.25) is 0 Å². The fourth-order valence-electron chi connectivity index (χ4n) is 2.17. The summed E-state index contributed by atoms with van der Waals surface area (Å²) < 4.78 is 6.30. The Morgan fingerprint density at radius 1 is 1.00 bits per heavy atom. The number of ether oxygens (including phenoxy) is 1. The Hall–Kier alpha value is -1.32. The molecule has 2 nitrogen and oxygen atoms in total. The highest BCUT2D eigenvalue weighted by Gasteiger charge is 2.03. The van der Waals surface area contributed by atoms with E-state index in [1.54, 1.807) is 7.11 Å². The molecule has 0 saturated carbocycles. The van der Waals surface area contributed by atoms with E-state index in [2.05, 4.69) is 64.6 Å². The number of halogens is 1. The first-order chi connectivity index (χ1) is 10.2. The van der Waals surface area contributed by atoms with Crippen molar-refractivity contribution < 1.29 is 4.74 Å². The van der Waals surface area contributed by atoms with Crippen LogP contribution in [0.5, 0.6) is 5.75 Å². The van der Waals surface area contributed by atoms with Crippen LogP contribution in [0, 0.1) is 0 Å². The van der Waals surface area contributed by atoms with Crippen LogP contribution in [-0.2, 0) is 13.0 Å². The summed E-state index contributed by atoms with van der Waals surface area (Å²) in [6.07, 6.45) is 2.21. The molecule has 0 bridgehead atoms. The lowest BCUT2D eigenvalue weighted by Gasteiger charge is -2.14. The zero-order chi connectivity index (χ0) is 15.1. The summed E-state index contributed by atoms with van der Waals surface area (Å²) in [5.74, 6) is 0.917. The third kappa shape index (κ3) is 5.52. The van der Waals surface area contributed by atoms with Gasteiger partial charge in [0.2, 0.25) is 0 Å². The Labute approximate surface area is 135 Å². The average molecular weight is 348 g/mol. The van der Waals surface area contributed by atoms with Crippen molar-refractivity contribution in [2.45, 2.75) is 32.4 Å². The van der Waals surface area contributed by atoms with Crippen molar-refractivity contribution >= 4 is 15.9 Å². The number of hydrogen-bond donors (Lipinski definition) is 1.